The fourth-order valence-electron chi connectivity index (χ4n) is 2.15. The Kier molecular flexibility index (Phi) is 1.31. The van der Waals surface area contributed by atoms with E-state index in [2.05, 4.69) is 22.6 Å². The van der Waals surface area contributed by atoms with E-state index in [9.17, 15) is 0 Å². The highest BCUT2D eigenvalue weighted by molar-refractivity contribution is 14.1. The molecule has 1 N–H and O–H groups in total. The van der Waals surface area contributed by atoms with Gasteiger partial charge in [-0.15, -0.1) is 0 Å². The molecule has 0 radical (unpaired) electrons. The summed E-state index contributed by atoms with van der Waals surface area (Å²) >= 11 is 2.50. The first kappa shape index (κ1) is 6.40. The number of halogens is 1. The maximum Gasteiger partial charge on any atom is 0.0550 e. The van der Waals surface area contributed by atoms with Gasteiger partial charge in [-0.2, -0.15) is 0 Å². The predicted molar refractivity (Wildman–Crippen MR) is 44.7 cm³/mol. The second-order valence-electron chi connectivity index (χ2n) is 3.57. The zero-order valence-electron chi connectivity index (χ0n) is 5.31. The summed E-state index contributed by atoms with van der Waals surface area (Å²) in [4.78, 5) is 0. The van der Waals surface area contributed by atoms with E-state index >= 15 is 0 Å². The van der Waals surface area contributed by atoms with E-state index in [0.29, 0.717) is 5.41 Å². The Morgan fingerprint density at radius 3 is 2.11 bits per heavy atom. The molecule has 0 aromatic heterocycles. The van der Waals surface area contributed by atoms with Gasteiger partial charge in [0.25, 0.3) is 0 Å². The molecule has 0 aromatic carbocycles. The summed E-state index contributed by atoms with van der Waals surface area (Å²) in [7, 11) is 0. The molecule has 2 saturated carbocycles. The van der Waals surface area contributed by atoms with Gasteiger partial charge in [0.1, 0.15) is 0 Å². The second kappa shape index (κ2) is 1.84. The molecule has 1 nitrogen and oxygen atoms in total. The number of hydrogen-bond donors (Lipinski definition) is 1. The first-order valence-electron chi connectivity index (χ1n) is 3.52. The van der Waals surface area contributed by atoms with Crippen LogP contribution in [-0.2, 0) is 0 Å². The Morgan fingerprint density at radius 2 is 1.78 bits per heavy atom. The van der Waals surface area contributed by atoms with Crippen LogP contribution in [0, 0.1) is 5.41 Å². The summed E-state index contributed by atoms with van der Waals surface area (Å²) in [5.41, 5.74) is 0.630. The molecular weight excluding hydrogens is 227 g/mol. The van der Waals surface area contributed by atoms with Gasteiger partial charge in [-0.1, -0.05) is 22.6 Å². The summed E-state index contributed by atoms with van der Waals surface area (Å²) < 4.78 is 0.912. The predicted octanol–water partition coefficient (Wildman–Crippen LogP) is 1.72. The molecule has 0 unspecified atom stereocenters. The number of aliphatic hydroxyl groups excluding tert-OH is 1. The third-order valence-corrected chi connectivity index (χ3v) is 3.53. The van der Waals surface area contributed by atoms with E-state index in [1.807, 2.05) is 0 Å². The van der Waals surface area contributed by atoms with Gasteiger partial charge in [0.05, 0.1) is 6.10 Å². The molecular formula is C7H11IO. The van der Waals surface area contributed by atoms with Crippen molar-refractivity contribution >= 4 is 22.6 Å². The maximum atomic E-state index is 9.03. The van der Waals surface area contributed by atoms with Gasteiger partial charge < -0.3 is 5.11 Å². The lowest BCUT2D eigenvalue weighted by Crippen LogP contribution is -2.50. The topological polar surface area (TPSA) is 20.2 Å². The molecule has 0 amide bonds. The minimum absolute atomic E-state index is 0.0499. The van der Waals surface area contributed by atoms with Crippen molar-refractivity contribution < 1.29 is 5.11 Å². The monoisotopic (exact) mass is 238 g/mol. The Morgan fingerprint density at radius 1 is 1.22 bits per heavy atom. The second-order valence-corrected chi connectivity index (χ2v) is 5.33. The first-order chi connectivity index (χ1) is 4.20. The molecule has 0 bridgehead atoms. The average Bonchev–Trinajstić information content (AvgIpc) is 1.58. The molecule has 0 heterocycles. The zero-order chi connectivity index (χ0) is 6.48. The van der Waals surface area contributed by atoms with E-state index < -0.39 is 0 Å². The maximum absolute atomic E-state index is 9.03. The summed E-state index contributed by atoms with van der Waals surface area (Å²) in [6, 6.07) is 0. The van der Waals surface area contributed by atoms with Crippen LogP contribution < -0.4 is 0 Å². The van der Waals surface area contributed by atoms with Crippen LogP contribution >= 0.6 is 22.6 Å². The van der Waals surface area contributed by atoms with Gasteiger partial charge in [-0.05, 0) is 31.1 Å². The quantitative estimate of drug-likeness (QED) is 0.503. The molecule has 2 heteroatoms. The Bertz CT molecular complexity index is 103. The molecule has 0 aromatic rings. The molecule has 52 valence electrons. The molecule has 2 rings (SSSR count). The van der Waals surface area contributed by atoms with Crippen molar-refractivity contribution in [3.8, 4) is 0 Å². The lowest BCUT2D eigenvalue weighted by molar-refractivity contribution is -0.0749. The van der Waals surface area contributed by atoms with Crippen LogP contribution in [0.5, 0.6) is 0 Å². The van der Waals surface area contributed by atoms with Crippen LogP contribution in [-0.4, -0.2) is 15.1 Å². The summed E-state index contributed by atoms with van der Waals surface area (Å²) in [6.07, 6.45) is 4.96. The van der Waals surface area contributed by atoms with Gasteiger partial charge in [0.15, 0.2) is 0 Å². The SMILES string of the molecule is OC1CC2(C1)CC(I)C2. The fraction of sp³-hybridized carbons (Fsp3) is 1.00. The Balaban J connectivity index is 1.87. The number of aliphatic hydroxyl groups is 1. The summed E-state index contributed by atoms with van der Waals surface area (Å²) in [5, 5.41) is 9.03. The Labute approximate surface area is 69.0 Å². The van der Waals surface area contributed by atoms with Gasteiger partial charge in [-0.3, -0.25) is 0 Å². The minimum atomic E-state index is 0.0499. The average molecular weight is 238 g/mol. The van der Waals surface area contributed by atoms with Gasteiger partial charge >= 0.3 is 0 Å². The molecule has 0 atom stereocenters. The molecule has 0 saturated heterocycles. The highest BCUT2D eigenvalue weighted by Gasteiger charge is 2.51. The van der Waals surface area contributed by atoms with Crippen LogP contribution in [0.1, 0.15) is 25.7 Å². The van der Waals surface area contributed by atoms with Crippen LogP contribution in [0.15, 0.2) is 0 Å². The minimum Gasteiger partial charge on any atom is -0.393 e. The highest BCUT2D eigenvalue weighted by Crippen LogP contribution is 2.58. The number of alkyl halides is 1. The number of rotatable bonds is 0. The van der Waals surface area contributed by atoms with Crippen molar-refractivity contribution in [1.29, 1.82) is 0 Å². The lowest BCUT2D eigenvalue weighted by atomic mass is 9.55. The van der Waals surface area contributed by atoms with Crippen molar-refractivity contribution in [3.05, 3.63) is 0 Å². The van der Waals surface area contributed by atoms with Crippen molar-refractivity contribution in [2.24, 2.45) is 5.41 Å². The van der Waals surface area contributed by atoms with Crippen LogP contribution in [0.25, 0.3) is 0 Å². The largest absolute Gasteiger partial charge is 0.393 e. The zero-order valence-corrected chi connectivity index (χ0v) is 7.47. The third kappa shape index (κ3) is 0.909. The molecule has 2 aliphatic rings. The highest BCUT2D eigenvalue weighted by atomic mass is 127. The van der Waals surface area contributed by atoms with Crippen molar-refractivity contribution in [2.45, 2.75) is 35.7 Å². The lowest BCUT2D eigenvalue weighted by Gasteiger charge is -2.54. The van der Waals surface area contributed by atoms with Crippen molar-refractivity contribution in [2.75, 3.05) is 0 Å². The van der Waals surface area contributed by atoms with E-state index in [-0.39, 0.29) is 6.10 Å². The molecule has 1 spiro atoms. The molecule has 0 aliphatic heterocycles. The van der Waals surface area contributed by atoms with E-state index in [1.54, 1.807) is 0 Å². The van der Waals surface area contributed by atoms with Crippen molar-refractivity contribution in [1.82, 2.24) is 0 Å². The van der Waals surface area contributed by atoms with E-state index in [0.717, 1.165) is 16.8 Å². The van der Waals surface area contributed by atoms with Crippen molar-refractivity contribution in [3.63, 3.8) is 0 Å². The molecule has 9 heavy (non-hydrogen) atoms. The van der Waals surface area contributed by atoms with Gasteiger partial charge in [0, 0.05) is 3.92 Å². The van der Waals surface area contributed by atoms with Gasteiger partial charge in [-0.25, -0.2) is 0 Å². The molecule has 2 fully saturated rings. The van der Waals surface area contributed by atoms with Gasteiger partial charge in [0.2, 0.25) is 0 Å². The summed E-state index contributed by atoms with van der Waals surface area (Å²) in [5.74, 6) is 0. The normalized spacial score (nSPS) is 56.7. The van der Waals surface area contributed by atoms with Crippen LogP contribution in [0.2, 0.25) is 0 Å². The van der Waals surface area contributed by atoms with E-state index in [4.69, 9.17) is 5.11 Å². The molecule has 2 aliphatic carbocycles. The first-order valence-corrected chi connectivity index (χ1v) is 4.77. The smallest absolute Gasteiger partial charge is 0.0550 e. The third-order valence-electron chi connectivity index (χ3n) is 2.65. The van der Waals surface area contributed by atoms with Crippen LogP contribution in [0.4, 0.5) is 0 Å². The van der Waals surface area contributed by atoms with E-state index in [1.165, 1.54) is 12.8 Å². The van der Waals surface area contributed by atoms with Crippen LogP contribution in [0.3, 0.4) is 0 Å². The number of hydrogen-bond acceptors (Lipinski definition) is 1. The standard InChI is InChI=1S/C7H11IO/c8-5-1-7(2-5)3-6(9)4-7/h5-6,9H,1-4H2. The fourth-order valence-corrected chi connectivity index (χ4v) is 4.02. The Hall–Kier alpha value is 0.690. The summed E-state index contributed by atoms with van der Waals surface area (Å²) in [6.45, 7) is 0.